The van der Waals surface area contributed by atoms with Crippen LogP contribution in [-0.4, -0.2) is 13.4 Å². The molecule has 5 nitrogen and oxygen atoms in total. The van der Waals surface area contributed by atoms with E-state index in [2.05, 4.69) is 25.6 Å². The number of hydrogen-bond donors (Lipinski definition) is 2. The van der Waals surface area contributed by atoms with E-state index in [1.807, 2.05) is 0 Å². The minimum Gasteiger partial charge on any atom is -0.326 e. The molecule has 1 aromatic heterocycles. The maximum absolute atomic E-state index is 13.7. The van der Waals surface area contributed by atoms with Gasteiger partial charge in [0.25, 0.3) is 10.0 Å². The lowest BCUT2D eigenvalue weighted by molar-refractivity contribution is 0.591. The fourth-order valence-electron chi connectivity index (χ4n) is 1.76. The Morgan fingerprint density at radius 2 is 2.14 bits per heavy atom. The zero-order chi connectivity index (χ0) is 15.6. The highest BCUT2D eigenvalue weighted by molar-refractivity contribution is 9.10. The van der Waals surface area contributed by atoms with E-state index in [4.69, 9.17) is 5.73 Å². The van der Waals surface area contributed by atoms with Crippen molar-refractivity contribution < 1.29 is 12.8 Å². The standard InChI is InChI=1S/C13H13BrFN3O2S/c1-8-5-10(6-9(7-16)12(8)15)21(19,20)18-13-11(14)3-2-4-17-13/h2-6H,7,16H2,1H3,(H,17,18). The first kappa shape index (κ1) is 15.9. The van der Waals surface area contributed by atoms with E-state index in [0.717, 1.165) is 0 Å². The summed E-state index contributed by atoms with van der Waals surface area (Å²) in [6.07, 6.45) is 1.46. The Labute approximate surface area is 130 Å². The fraction of sp³-hybridized carbons (Fsp3) is 0.154. The van der Waals surface area contributed by atoms with Gasteiger partial charge in [-0.25, -0.2) is 17.8 Å². The van der Waals surface area contributed by atoms with Gasteiger partial charge in [0, 0.05) is 18.3 Å². The summed E-state index contributed by atoms with van der Waals surface area (Å²) in [5.74, 6) is -0.329. The Bertz CT molecular complexity index is 781. The normalized spacial score (nSPS) is 11.4. The van der Waals surface area contributed by atoms with E-state index in [1.165, 1.54) is 25.3 Å². The van der Waals surface area contributed by atoms with Gasteiger partial charge in [0.2, 0.25) is 0 Å². The van der Waals surface area contributed by atoms with E-state index >= 15 is 0 Å². The quantitative estimate of drug-likeness (QED) is 0.862. The van der Waals surface area contributed by atoms with E-state index in [0.29, 0.717) is 4.47 Å². The molecule has 0 saturated heterocycles. The number of nitrogens with two attached hydrogens (primary N) is 1. The predicted octanol–water partition coefficient (Wildman–Crippen LogP) is 2.55. The van der Waals surface area contributed by atoms with Crippen LogP contribution < -0.4 is 10.5 Å². The lowest BCUT2D eigenvalue weighted by Gasteiger charge is -2.11. The molecule has 3 N–H and O–H groups in total. The highest BCUT2D eigenvalue weighted by Gasteiger charge is 2.19. The maximum atomic E-state index is 13.7. The number of rotatable bonds is 4. The summed E-state index contributed by atoms with van der Waals surface area (Å²) >= 11 is 3.21. The Morgan fingerprint density at radius 1 is 1.43 bits per heavy atom. The molecule has 1 heterocycles. The van der Waals surface area contributed by atoms with E-state index in [-0.39, 0.29) is 28.4 Å². The lowest BCUT2D eigenvalue weighted by atomic mass is 10.1. The molecule has 112 valence electrons. The monoisotopic (exact) mass is 373 g/mol. The summed E-state index contributed by atoms with van der Waals surface area (Å²) in [5, 5.41) is 0. The average Bonchev–Trinajstić information content (AvgIpc) is 2.44. The molecule has 0 amide bonds. The molecule has 0 radical (unpaired) electrons. The van der Waals surface area contributed by atoms with Gasteiger partial charge in [-0.1, -0.05) is 0 Å². The molecule has 0 aliphatic heterocycles. The van der Waals surface area contributed by atoms with Gasteiger partial charge in [-0.3, -0.25) is 4.72 Å². The van der Waals surface area contributed by atoms with Crippen molar-refractivity contribution >= 4 is 31.8 Å². The molecule has 0 atom stereocenters. The summed E-state index contributed by atoms with van der Waals surface area (Å²) in [7, 11) is -3.87. The van der Waals surface area contributed by atoms with Gasteiger partial charge in [-0.05, 0) is 52.7 Å². The summed E-state index contributed by atoms with van der Waals surface area (Å²) < 4.78 is 41.3. The van der Waals surface area contributed by atoms with Gasteiger partial charge >= 0.3 is 0 Å². The SMILES string of the molecule is Cc1cc(S(=O)(=O)Nc2ncccc2Br)cc(CN)c1F. The Hall–Kier alpha value is -1.51. The van der Waals surface area contributed by atoms with Crippen molar-refractivity contribution in [3.8, 4) is 0 Å². The minimum absolute atomic E-state index is 0.0561. The second-order valence-electron chi connectivity index (χ2n) is 4.36. The summed E-state index contributed by atoms with van der Waals surface area (Å²) in [5.41, 5.74) is 5.80. The van der Waals surface area contributed by atoms with Crippen molar-refractivity contribution in [1.29, 1.82) is 0 Å². The number of pyridine rings is 1. The van der Waals surface area contributed by atoms with Crippen LogP contribution in [0.5, 0.6) is 0 Å². The zero-order valence-corrected chi connectivity index (χ0v) is 13.5. The van der Waals surface area contributed by atoms with Crippen LogP contribution >= 0.6 is 15.9 Å². The molecular weight excluding hydrogens is 361 g/mol. The molecule has 0 bridgehead atoms. The number of nitrogens with one attached hydrogen (secondary N) is 1. The maximum Gasteiger partial charge on any atom is 0.263 e. The van der Waals surface area contributed by atoms with Crippen LogP contribution in [0.25, 0.3) is 0 Å². The van der Waals surface area contributed by atoms with Crippen molar-refractivity contribution in [2.75, 3.05) is 4.72 Å². The van der Waals surface area contributed by atoms with Crippen molar-refractivity contribution in [3.63, 3.8) is 0 Å². The second-order valence-corrected chi connectivity index (χ2v) is 6.89. The average molecular weight is 374 g/mol. The van der Waals surface area contributed by atoms with Crippen molar-refractivity contribution in [2.45, 2.75) is 18.4 Å². The van der Waals surface area contributed by atoms with Crippen molar-refractivity contribution in [2.24, 2.45) is 5.73 Å². The minimum atomic E-state index is -3.87. The molecule has 21 heavy (non-hydrogen) atoms. The first-order chi connectivity index (χ1) is 9.85. The Morgan fingerprint density at radius 3 is 2.76 bits per heavy atom. The zero-order valence-electron chi connectivity index (χ0n) is 11.1. The van der Waals surface area contributed by atoms with Crippen LogP contribution in [0.1, 0.15) is 11.1 Å². The van der Waals surface area contributed by atoms with Crippen LogP contribution in [0.3, 0.4) is 0 Å². The van der Waals surface area contributed by atoms with Gasteiger partial charge in [0.05, 0.1) is 9.37 Å². The molecule has 0 aliphatic carbocycles. The van der Waals surface area contributed by atoms with Crippen LogP contribution in [0.2, 0.25) is 0 Å². The van der Waals surface area contributed by atoms with Crippen molar-refractivity contribution in [3.05, 3.63) is 51.9 Å². The number of nitrogens with zero attached hydrogens (tertiary/aromatic N) is 1. The van der Waals surface area contributed by atoms with Crippen LogP contribution in [-0.2, 0) is 16.6 Å². The van der Waals surface area contributed by atoms with Gasteiger partial charge in [-0.15, -0.1) is 0 Å². The molecule has 1 aromatic carbocycles. The molecule has 0 unspecified atom stereocenters. The number of aryl methyl sites for hydroxylation is 1. The number of anilines is 1. The Kier molecular flexibility index (Phi) is 4.60. The summed E-state index contributed by atoms with van der Waals surface area (Å²) in [6.45, 7) is 1.41. The van der Waals surface area contributed by atoms with Crippen molar-refractivity contribution in [1.82, 2.24) is 4.98 Å². The predicted molar refractivity (Wildman–Crippen MR) is 81.8 cm³/mol. The molecule has 0 spiro atoms. The van der Waals surface area contributed by atoms with Gasteiger partial charge in [-0.2, -0.15) is 0 Å². The third kappa shape index (κ3) is 3.39. The Balaban J connectivity index is 2.45. The first-order valence-corrected chi connectivity index (χ1v) is 8.25. The molecule has 0 saturated carbocycles. The molecule has 0 aliphatic rings. The van der Waals surface area contributed by atoms with E-state index in [9.17, 15) is 12.8 Å². The second kappa shape index (κ2) is 6.08. The molecule has 8 heteroatoms. The fourth-order valence-corrected chi connectivity index (χ4v) is 3.41. The molecular formula is C13H13BrFN3O2S. The molecule has 2 aromatic rings. The van der Waals surface area contributed by atoms with Gasteiger partial charge in [0.1, 0.15) is 5.82 Å². The lowest BCUT2D eigenvalue weighted by Crippen LogP contribution is -2.16. The topological polar surface area (TPSA) is 85.1 Å². The third-order valence-electron chi connectivity index (χ3n) is 2.82. The molecule has 0 fully saturated rings. The van der Waals surface area contributed by atoms with Crippen LogP contribution in [0.4, 0.5) is 10.2 Å². The number of hydrogen-bond acceptors (Lipinski definition) is 4. The van der Waals surface area contributed by atoms with Crippen LogP contribution in [0, 0.1) is 12.7 Å². The summed E-state index contributed by atoms with van der Waals surface area (Å²) in [6, 6.07) is 5.80. The first-order valence-electron chi connectivity index (χ1n) is 5.97. The van der Waals surface area contributed by atoms with Gasteiger partial charge < -0.3 is 5.73 Å². The largest absolute Gasteiger partial charge is 0.326 e. The highest BCUT2D eigenvalue weighted by Crippen LogP contribution is 2.24. The number of sulfonamides is 1. The molecule has 2 rings (SSSR count). The van der Waals surface area contributed by atoms with Gasteiger partial charge in [0.15, 0.2) is 5.82 Å². The smallest absolute Gasteiger partial charge is 0.263 e. The number of benzene rings is 1. The highest BCUT2D eigenvalue weighted by atomic mass is 79.9. The number of halogens is 2. The van der Waals surface area contributed by atoms with E-state index < -0.39 is 15.8 Å². The van der Waals surface area contributed by atoms with Crippen LogP contribution in [0.15, 0.2) is 39.8 Å². The summed E-state index contributed by atoms with van der Waals surface area (Å²) in [4.78, 5) is 3.88. The number of aromatic nitrogens is 1. The van der Waals surface area contributed by atoms with E-state index in [1.54, 1.807) is 12.1 Å². The third-order valence-corrected chi connectivity index (χ3v) is 4.78.